The van der Waals surface area contributed by atoms with Gasteiger partial charge in [-0.2, -0.15) is 0 Å². The number of hydrogen-bond acceptors (Lipinski definition) is 1. The van der Waals surface area contributed by atoms with Crippen molar-refractivity contribution in [2.24, 2.45) is 0 Å². The molecule has 1 heterocycles. The van der Waals surface area contributed by atoms with Crippen LogP contribution in [0.5, 0.6) is 0 Å². The van der Waals surface area contributed by atoms with Gasteiger partial charge >= 0.3 is 142 Å². The van der Waals surface area contributed by atoms with E-state index in [1.165, 1.54) is 8.92 Å². The van der Waals surface area contributed by atoms with Crippen molar-refractivity contribution < 1.29 is 4.79 Å². The molecule has 112 valence electrons. The Bertz CT molecular complexity index is 815. The quantitative estimate of drug-likeness (QED) is 0.640. The van der Waals surface area contributed by atoms with Crippen LogP contribution in [0, 0.1) is 0 Å². The van der Waals surface area contributed by atoms with Crippen LogP contribution in [0.1, 0.15) is 5.56 Å². The number of nitrogens with zero attached hydrogens (tertiary/aromatic N) is 1. The van der Waals surface area contributed by atoms with E-state index in [0.29, 0.717) is 6.42 Å². The summed E-state index contributed by atoms with van der Waals surface area (Å²) in [5.41, 5.74) is 3.11. The van der Waals surface area contributed by atoms with Gasteiger partial charge in [0, 0.05) is 0 Å². The van der Waals surface area contributed by atoms with Crippen molar-refractivity contribution in [1.29, 1.82) is 0 Å². The second-order valence-corrected chi connectivity index (χ2v) is 7.70. The standard InChI is InChI=1S/C20H15NOSe/c22-20(14-15-8-2-1-3-9-15)21-16-10-4-6-12-18(16)23-19-13-7-5-11-17(19)21/h1-13H,14H2. The van der Waals surface area contributed by atoms with Crippen LogP contribution < -0.4 is 13.8 Å². The minimum atomic E-state index is 0.117. The number of carbonyl (C=O) groups is 1. The van der Waals surface area contributed by atoms with Gasteiger partial charge in [-0.05, 0) is 0 Å². The summed E-state index contributed by atoms with van der Waals surface area (Å²) in [6.45, 7) is 0. The number of amides is 1. The molecule has 3 aromatic carbocycles. The van der Waals surface area contributed by atoms with Gasteiger partial charge in [0.05, 0.1) is 0 Å². The molecule has 4 rings (SSSR count). The molecule has 1 aliphatic heterocycles. The number of anilines is 2. The fourth-order valence-corrected chi connectivity index (χ4v) is 5.04. The molecular formula is C20H15NOSe. The Kier molecular flexibility index (Phi) is 3.74. The number of rotatable bonds is 2. The third-order valence-corrected chi connectivity index (χ3v) is 6.25. The Labute approximate surface area is 141 Å². The molecule has 0 saturated heterocycles. The molecule has 0 bridgehead atoms. The first kappa shape index (κ1) is 14.3. The Morgan fingerprint density at radius 1 is 0.739 bits per heavy atom. The van der Waals surface area contributed by atoms with Crippen LogP contribution in [0.25, 0.3) is 0 Å². The van der Waals surface area contributed by atoms with Gasteiger partial charge in [0.25, 0.3) is 0 Å². The molecule has 0 unspecified atom stereocenters. The molecule has 0 N–H and O–H groups in total. The van der Waals surface area contributed by atoms with E-state index in [9.17, 15) is 4.79 Å². The summed E-state index contributed by atoms with van der Waals surface area (Å²) < 4.78 is 2.53. The summed E-state index contributed by atoms with van der Waals surface area (Å²) >= 11 is 0.247. The van der Waals surface area contributed by atoms with E-state index in [2.05, 4.69) is 24.3 Å². The van der Waals surface area contributed by atoms with Crippen molar-refractivity contribution in [1.82, 2.24) is 0 Å². The normalized spacial score (nSPS) is 12.4. The number of carbonyl (C=O) groups excluding carboxylic acids is 1. The molecule has 23 heavy (non-hydrogen) atoms. The molecule has 0 fully saturated rings. The van der Waals surface area contributed by atoms with Crippen molar-refractivity contribution in [3.63, 3.8) is 0 Å². The molecule has 0 aliphatic carbocycles. The molecule has 1 aliphatic rings. The number of para-hydroxylation sites is 2. The number of fused-ring (bicyclic) bond motifs is 2. The van der Waals surface area contributed by atoms with Crippen LogP contribution in [0.2, 0.25) is 0 Å². The van der Waals surface area contributed by atoms with Gasteiger partial charge in [-0.25, -0.2) is 0 Å². The zero-order valence-corrected chi connectivity index (χ0v) is 14.2. The van der Waals surface area contributed by atoms with Crippen LogP contribution in [0.4, 0.5) is 11.4 Å². The molecule has 0 radical (unpaired) electrons. The zero-order valence-electron chi connectivity index (χ0n) is 12.5. The van der Waals surface area contributed by atoms with Gasteiger partial charge in [-0.3, -0.25) is 0 Å². The fraction of sp³-hybridized carbons (Fsp3) is 0.0500. The van der Waals surface area contributed by atoms with Gasteiger partial charge in [-0.1, -0.05) is 0 Å². The van der Waals surface area contributed by atoms with Crippen LogP contribution >= 0.6 is 0 Å². The SMILES string of the molecule is O=C(Cc1ccccc1)N1c2ccccc2[Se]c2ccccc21. The van der Waals surface area contributed by atoms with Gasteiger partial charge in [0.2, 0.25) is 0 Å². The molecule has 0 saturated carbocycles. The summed E-state index contributed by atoms with van der Waals surface area (Å²) in [6.07, 6.45) is 0.413. The Hall–Kier alpha value is -2.35. The topological polar surface area (TPSA) is 20.3 Å². The first-order chi connectivity index (χ1) is 11.3. The molecule has 3 aromatic rings. The second-order valence-electron chi connectivity index (χ2n) is 5.43. The van der Waals surface area contributed by atoms with Crippen LogP contribution in [-0.4, -0.2) is 20.9 Å². The third kappa shape index (κ3) is 2.70. The first-order valence-corrected chi connectivity index (χ1v) is 9.27. The molecule has 0 aromatic heterocycles. The molecule has 0 spiro atoms. The van der Waals surface area contributed by atoms with E-state index < -0.39 is 0 Å². The average molecular weight is 364 g/mol. The Morgan fingerprint density at radius 3 is 1.87 bits per heavy atom. The maximum absolute atomic E-state index is 13.0. The summed E-state index contributed by atoms with van der Waals surface area (Å²) in [5, 5.41) is 0. The number of hydrogen-bond donors (Lipinski definition) is 0. The summed E-state index contributed by atoms with van der Waals surface area (Å²) in [6, 6.07) is 26.4. The van der Waals surface area contributed by atoms with E-state index in [4.69, 9.17) is 0 Å². The summed E-state index contributed by atoms with van der Waals surface area (Å²) in [5.74, 6) is 0.117. The van der Waals surface area contributed by atoms with Gasteiger partial charge in [0.15, 0.2) is 0 Å². The third-order valence-electron chi connectivity index (χ3n) is 3.88. The Morgan fingerprint density at radius 2 is 1.26 bits per heavy atom. The van der Waals surface area contributed by atoms with Crippen LogP contribution in [0.3, 0.4) is 0 Å². The predicted octanol–water partition coefficient (Wildman–Crippen LogP) is 2.56. The van der Waals surface area contributed by atoms with E-state index in [-0.39, 0.29) is 20.9 Å². The van der Waals surface area contributed by atoms with E-state index in [1.807, 2.05) is 59.5 Å². The van der Waals surface area contributed by atoms with Gasteiger partial charge in [0.1, 0.15) is 0 Å². The average Bonchev–Trinajstić information content (AvgIpc) is 2.60. The predicted molar refractivity (Wildman–Crippen MR) is 95.2 cm³/mol. The minimum absolute atomic E-state index is 0.117. The van der Waals surface area contributed by atoms with Crippen molar-refractivity contribution >= 4 is 41.2 Å². The van der Waals surface area contributed by atoms with E-state index >= 15 is 0 Å². The monoisotopic (exact) mass is 365 g/mol. The zero-order chi connectivity index (χ0) is 15.6. The molecule has 3 heteroatoms. The van der Waals surface area contributed by atoms with Gasteiger partial charge < -0.3 is 0 Å². The molecule has 1 amide bonds. The van der Waals surface area contributed by atoms with E-state index in [1.54, 1.807) is 0 Å². The fourth-order valence-electron chi connectivity index (χ4n) is 2.82. The van der Waals surface area contributed by atoms with Crippen LogP contribution in [-0.2, 0) is 11.2 Å². The van der Waals surface area contributed by atoms with E-state index in [0.717, 1.165) is 16.9 Å². The first-order valence-electron chi connectivity index (χ1n) is 7.56. The summed E-state index contributed by atoms with van der Waals surface area (Å²) in [4.78, 5) is 14.9. The molecule has 2 nitrogen and oxygen atoms in total. The molecule has 0 atom stereocenters. The van der Waals surface area contributed by atoms with Crippen molar-refractivity contribution in [3.8, 4) is 0 Å². The van der Waals surface area contributed by atoms with Crippen molar-refractivity contribution in [2.45, 2.75) is 6.42 Å². The van der Waals surface area contributed by atoms with Gasteiger partial charge in [-0.15, -0.1) is 0 Å². The second kappa shape index (κ2) is 6.04. The van der Waals surface area contributed by atoms with Crippen molar-refractivity contribution in [2.75, 3.05) is 4.90 Å². The van der Waals surface area contributed by atoms with Crippen molar-refractivity contribution in [3.05, 3.63) is 84.4 Å². The summed E-state index contributed by atoms with van der Waals surface area (Å²) in [7, 11) is 0. The molecular weight excluding hydrogens is 349 g/mol. The Balaban J connectivity index is 1.77. The number of benzene rings is 3. The van der Waals surface area contributed by atoms with Crippen LogP contribution in [0.15, 0.2) is 78.9 Å². The maximum atomic E-state index is 13.0.